The van der Waals surface area contributed by atoms with Gasteiger partial charge >= 0.3 is 5.97 Å². The van der Waals surface area contributed by atoms with Crippen molar-refractivity contribution in [1.29, 1.82) is 5.41 Å². The Kier molecular flexibility index (Phi) is 10.0. The normalized spacial score (nSPS) is 11.2. The van der Waals surface area contributed by atoms with Gasteiger partial charge in [0.15, 0.2) is 0 Å². The number of hydrogen-bond donors (Lipinski definition) is 3. The Morgan fingerprint density at radius 2 is 1.80 bits per heavy atom. The van der Waals surface area contributed by atoms with E-state index < -0.39 is 35.0 Å². The van der Waals surface area contributed by atoms with Crippen molar-refractivity contribution >= 4 is 67.8 Å². The number of amides is 1. The summed E-state index contributed by atoms with van der Waals surface area (Å²) in [5.41, 5.74) is 8.93. The largest absolute Gasteiger partial charge is 0.465 e. The number of aromatic nitrogens is 3. The minimum absolute atomic E-state index is 0. The van der Waals surface area contributed by atoms with Crippen molar-refractivity contribution in [1.82, 2.24) is 19.9 Å². The van der Waals surface area contributed by atoms with Gasteiger partial charge in [-0.1, -0.05) is 42.5 Å². The number of esters is 1. The molecule has 0 fully saturated rings. The number of anilines is 1. The molecule has 12 nitrogen and oxygen atoms in total. The number of pyridine rings is 1. The average molecular weight is 650 g/mol. The Labute approximate surface area is 266 Å². The number of halogens is 1. The van der Waals surface area contributed by atoms with E-state index in [9.17, 15) is 18.0 Å². The monoisotopic (exact) mass is 649 g/mol. The molecule has 3 aromatic carbocycles. The molecule has 0 aliphatic carbocycles. The van der Waals surface area contributed by atoms with Gasteiger partial charge in [0.1, 0.15) is 29.6 Å². The van der Waals surface area contributed by atoms with Crippen molar-refractivity contribution in [3.8, 4) is 0 Å². The highest BCUT2D eigenvalue weighted by Crippen LogP contribution is 2.30. The molecule has 14 heteroatoms. The van der Waals surface area contributed by atoms with Crippen molar-refractivity contribution in [2.75, 3.05) is 24.0 Å². The van der Waals surface area contributed by atoms with Crippen LogP contribution in [0, 0.1) is 5.41 Å². The zero-order valence-electron chi connectivity index (χ0n) is 24.6. The number of benzene rings is 3. The number of nitrogens with one attached hydrogen (secondary N) is 2. The maximum absolute atomic E-state index is 14.2. The fraction of sp³-hybridized carbons (Fsp3) is 0.194. The number of ether oxygens (including phenoxy) is 1. The van der Waals surface area contributed by atoms with E-state index in [0.717, 1.165) is 21.2 Å². The van der Waals surface area contributed by atoms with E-state index >= 15 is 0 Å². The fourth-order valence-electron chi connectivity index (χ4n) is 4.82. The highest BCUT2D eigenvalue weighted by atomic mass is 35.5. The average Bonchev–Trinajstić information content (AvgIpc) is 3.32. The molecule has 0 aliphatic heterocycles. The molecule has 5 aromatic rings. The summed E-state index contributed by atoms with van der Waals surface area (Å²) in [4.78, 5) is 33.8. The second-order valence-corrected chi connectivity index (χ2v) is 11.8. The standard InChI is InChI=1S/C31H31N7O5S.ClH/c1-3-43-29(40)18-35-28(39)19-38(44(41,42)26-8-4-6-21-7-5-15-34-30(21)26)23-13-14-25-24(17-23)36-27(37(25)2)16-20-9-11-22(12-10-20)31(32)33;/h4-15,17H,3,16,18-19H2,1-2H3,(H3,32,33)(H,35,39);1H. The van der Waals surface area contributed by atoms with E-state index in [0.29, 0.717) is 22.9 Å². The van der Waals surface area contributed by atoms with Crippen LogP contribution in [0.5, 0.6) is 0 Å². The fourth-order valence-corrected chi connectivity index (χ4v) is 6.40. The number of nitrogen functional groups attached to an aromatic ring is 1. The quantitative estimate of drug-likeness (QED) is 0.111. The van der Waals surface area contributed by atoms with Gasteiger partial charge in [0, 0.05) is 30.6 Å². The third kappa shape index (κ3) is 7.05. The molecule has 5 rings (SSSR count). The molecule has 45 heavy (non-hydrogen) atoms. The summed E-state index contributed by atoms with van der Waals surface area (Å²) >= 11 is 0. The molecular formula is C31H32ClN7O5S. The molecule has 0 aliphatic rings. The molecule has 2 aromatic heterocycles. The highest BCUT2D eigenvalue weighted by molar-refractivity contribution is 7.93. The van der Waals surface area contributed by atoms with Crippen molar-refractivity contribution in [2.24, 2.45) is 12.8 Å². The van der Waals surface area contributed by atoms with Gasteiger partial charge < -0.3 is 20.4 Å². The number of nitrogens with two attached hydrogens (primary N) is 1. The number of hydrogen-bond acceptors (Lipinski definition) is 8. The van der Waals surface area contributed by atoms with E-state index in [1.165, 1.54) is 12.3 Å². The molecule has 0 atom stereocenters. The minimum atomic E-state index is -4.32. The van der Waals surface area contributed by atoms with E-state index in [2.05, 4.69) is 10.3 Å². The van der Waals surface area contributed by atoms with E-state index in [4.69, 9.17) is 20.9 Å². The summed E-state index contributed by atoms with van der Waals surface area (Å²) in [5.74, 6) is -0.606. The Hall–Kier alpha value is -5.01. The van der Waals surface area contributed by atoms with Gasteiger partial charge in [-0.25, -0.2) is 13.4 Å². The third-order valence-corrected chi connectivity index (χ3v) is 8.86. The van der Waals surface area contributed by atoms with Crippen molar-refractivity contribution < 1.29 is 22.7 Å². The van der Waals surface area contributed by atoms with Gasteiger partial charge in [-0.05, 0) is 42.8 Å². The summed E-state index contributed by atoms with van der Waals surface area (Å²) < 4.78 is 36.2. The molecule has 0 bridgehead atoms. The lowest BCUT2D eigenvalue weighted by Crippen LogP contribution is -2.42. The van der Waals surface area contributed by atoms with Crippen LogP contribution in [0.4, 0.5) is 5.69 Å². The number of aryl methyl sites for hydroxylation is 1. The molecule has 0 saturated heterocycles. The highest BCUT2D eigenvalue weighted by Gasteiger charge is 2.30. The Morgan fingerprint density at radius 1 is 1.07 bits per heavy atom. The van der Waals surface area contributed by atoms with Crippen LogP contribution < -0.4 is 15.4 Å². The predicted molar refractivity (Wildman–Crippen MR) is 174 cm³/mol. The van der Waals surface area contributed by atoms with Gasteiger partial charge in [0.25, 0.3) is 10.0 Å². The van der Waals surface area contributed by atoms with Crippen LogP contribution in [0.1, 0.15) is 23.9 Å². The zero-order chi connectivity index (χ0) is 31.4. The van der Waals surface area contributed by atoms with Crippen LogP contribution in [-0.2, 0) is 37.8 Å². The number of sulfonamides is 1. The molecule has 4 N–H and O–H groups in total. The Bertz CT molecular complexity index is 1990. The van der Waals surface area contributed by atoms with Gasteiger partial charge in [-0.15, -0.1) is 12.4 Å². The maximum atomic E-state index is 14.2. The molecule has 234 valence electrons. The Morgan fingerprint density at radius 3 is 2.51 bits per heavy atom. The van der Waals surface area contributed by atoms with Crippen molar-refractivity contribution in [3.63, 3.8) is 0 Å². The minimum Gasteiger partial charge on any atom is -0.465 e. The van der Waals surface area contributed by atoms with Crippen LogP contribution in [-0.4, -0.2) is 60.4 Å². The second-order valence-electron chi connectivity index (χ2n) is 9.97. The molecule has 0 radical (unpaired) electrons. The second kappa shape index (κ2) is 13.7. The molecule has 0 unspecified atom stereocenters. The zero-order valence-corrected chi connectivity index (χ0v) is 26.2. The van der Waals surface area contributed by atoms with Gasteiger partial charge in [-0.3, -0.25) is 24.3 Å². The first-order valence-corrected chi connectivity index (χ1v) is 15.2. The smallest absolute Gasteiger partial charge is 0.325 e. The number of nitrogens with zero attached hydrogens (tertiary/aromatic N) is 4. The van der Waals surface area contributed by atoms with E-state index in [1.807, 2.05) is 23.7 Å². The van der Waals surface area contributed by atoms with E-state index in [1.54, 1.807) is 61.5 Å². The van der Waals surface area contributed by atoms with Gasteiger partial charge in [-0.2, -0.15) is 0 Å². The molecule has 0 saturated carbocycles. The number of rotatable bonds is 11. The van der Waals surface area contributed by atoms with Crippen molar-refractivity contribution in [2.45, 2.75) is 18.2 Å². The van der Waals surface area contributed by atoms with Crippen LogP contribution in [0.2, 0.25) is 0 Å². The maximum Gasteiger partial charge on any atom is 0.325 e. The van der Waals surface area contributed by atoms with Crippen LogP contribution in [0.3, 0.4) is 0 Å². The number of amidine groups is 1. The summed E-state index contributed by atoms with van der Waals surface area (Å²) in [7, 11) is -2.46. The lowest BCUT2D eigenvalue weighted by atomic mass is 10.1. The van der Waals surface area contributed by atoms with Crippen LogP contribution in [0.15, 0.2) is 83.9 Å². The molecule has 0 spiro atoms. The lowest BCUT2D eigenvalue weighted by Gasteiger charge is -2.24. The summed E-state index contributed by atoms with van der Waals surface area (Å²) in [6.07, 6.45) is 1.99. The summed E-state index contributed by atoms with van der Waals surface area (Å²) in [5, 5.41) is 10.7. The Balaban J connectivity index is 0.00000461. The summed E-state index contributed by atoms with van der Waals surface area (Å²) in [6, 6.07) is 20.6. The number of imidazole rings is 1. The summed E-state index contributed by atoms with van der Waals surface area (Å²) in [6.45, 7) is 0.805. The lowest BCUT2D eigenvalue weighted by molar-refractivity contribution is -0.143. The van der Waals surface area contributed by atoms with Crippen LogP contribution in [0.25, 0.3) is 21.9 Å². The first-order chi connectivity index (χ1) is 21.1. The van der Waals surface area contributed by atoms with Crippen molar-refractivity contribution in [3.05, 3.63) is 95.9 Å². The molecule has 2 heterocycles. The first-order valence-electron chi connectivity index (χ1n) is 13.8. The molecule has 1 amide bonds. The molecular weight excluding hydrogens is 618 g/mol. The topological polar surface area (TPSA) is 173 Å². The third-order valence-electron chi connectivity index (χ3n) is 7.06. The number of fused-ring (bicyclic) bond motifs is 2. The number of para-hydroxylation sites is 1. The predicted octanol–water partition coefficient (Wildman–Crippen LogP) is 3.29. The number of carbonyl (C=O) groups is 2. The van der Waals surface area contributed by atoms with E-state index in [-0.39, 0.29) is 40.9 Å². The number of carbonyl (C=O) groups excluding carboxylic acids is 2. The first kappa shape index (κ1) is 32.9. The van der Waals surface area contributed by atoms with Crippen LogP contribution >= 0.6 is 12.4 Å². The van der Waals surface area contributed by atoms with Gasteiger partial charge in [0.05, 0.1) is 28.8 Å². The van der Waals surface area contributed by atoms with Gasteiger partial charge in [0.2, 0.25) is 5.91 Å². The SMILES string of the molecule is CCOC(=O)CNC(=O)CN(c1ccc2c(c1)nc(Cc1ccc(C(=N)N)cc1)n2C)S(=O)(=O)c1cccc2cccnc12.Cl.